The number of anilines is 1. The summed E-state index contributed by atoms with van der Waals surface area (Å²) in [6.45, 7) is 7.27. The molecule has 2 aliphatic heterocycles. The molecule has 1 aliphatic carbocycles. The van der Waals surface area contributed by atoms with Gasteiger partial charge in [-0.15, -0.1) is 10.2 Å². The van der Waals surface area contributed by atoms with Crippen LogP contribution in [0.5, 0.6) is 0 Å². The summed E-state index contributed by atoms with van der Waals surface area (Å²) in [5, 5.41) is 9.09. The van der Waals surface area contributed by atoms with Crippen molar-refractivity contribution in [3.8, 4) is 0 Å². The van der Waals surface area contributed by atoms with Gasteiger partial charge >= 0.3 is 0 Å². The zero-order valence-corrected chi connectivity index (χ0v) is 24.1. The molecule has 0 radical (unpaired) electrons. The summed E-state index contributed by atoms with van der Waals surface area (Å²) in [7, 11) is 0. The van der Waals surface area contributed by atoms with E-state index >= 15 is 0 Å². The fourth-order valence-corrected chi connectivity index (χ4v) is 7.25. The summed E-state index contributed by atoms with van der Waals surface area (Å²) in [4.78, 5) is 14.6. The number of imidazole rings is 1. The van der Waals surface area contributed by atoms with E-state index in [0.717, 1.165) is 48.4 Å². The van der Waals surface area contributed by atoms with Gasteiger partial charge in [-0.1, -0.05) is 30.7 Å². The molecule has 218 valence electrons. The molecule has 1 aromatic carbocycles. The van der Waals surface area contributed by atoms with Gasteiger partial charge in [0.05, 0.1) is 19.0 Å². The molecule has 12 heteroatoms. The predicted octanol–water partition coefficient (Wildman–Crippen LogP) is 5.38. The highest BCUT2D eigenvalue weighted by atomic mass is 35.5. The number of benzene rings is 1. The monoisotopic (exact) mass is 584 g/mol. The van der Waals surface area contributed by atoms with Crippen LogP contribution in [0, 0.1) is 5.92 Å². The molecule has 0 N–H and O–H groups in total. The minimum Gasteiger partial charge on any atom is -0.376 e. The lowest BCUT2D eigenvalue weighted by Gasteiger charge is -2.53. The van der Waals surface area contributed by atoms with Crippen molar-refractivity contribution in [1.29, 1.82) is 0 Å². The van der Waals surface area contributed by atoms with Crippen LogP contribution in [0.1, 0.15) is 57.6 Å². The van der Waals surface area contributed by atoms with Crippen LogP contribution in [0.15, 0.2) is 36.9 Å². The molecular formula is C29H35ClF2N8O. The molecule has 41 heavy (non-hydrogen) atoms. The standard InChI is InChI=1S/C29H35ClF2N8O/c1-3-22-14-38(18(2)13-39(22)25(20-11-29(31,32)12-20)19-6-8-21(30)9-7-19)26-24-27(40-17-34-36-28(40)35-26)37(16-33-24)15-23-5-4-10-41-23/h6-9,16-18,20,22-23,25H,3-5,10-15H2,1-2H3/t18-,22+,23-,25?/m0/s1. The van der Waals surface area contributed by atoms with Crippen molar-refractivity contribution in [3.63, 3.8) is 0 Å². The molecule has 0 spiro atoms. The van der Waals surface area contributed by atoms with E-state index in [1.807, 2.05) is 35.0 Å². The quantitative estimate of drug-likeness (QED) is 0.289. The highest BCUT2D eigenvalue weighted by molar-refractivity contribution is 6.30. The Morgan fingerprint density at radius 2 is 1.95 bits per heavy atom. The van der Waals surface area contributed by atoms with Crippen molar-refractivity contribution >= 4 is 34.4 Å². The van der Waals surface area contributed by atoms with Gasteiger partial charge in [-0.25, -0.2) is 18.2 Å². The first-order valence-electron chi connectivity index (χ1n) is 14.6. The van der Waals surface area contributed by atoms with Gasteiger partial charge in [0.25, 0.3) is 5.78 Å². The van der Waals surface area contributed by atoms with Crippen LogP contribution in [0.4, 0.5) is 14.6 Å². The molecular weight excluding hydrogens is 550 g/mol. The number of alkyl halides is 2. The highest BCUT2D eigenvalue weighted by Gasteiger charge is 2.51. The van der Waals surface area contributed by atoms with Crippen molar-refractivity contribution in [2.45, 2.75) is 82.6 Å². The molecule has 1 saturated carbocycles. The fourth-order valence-electron chi connectivity index (χ4n) is 7.12. The van der Waals surface area contributed by atoms with Crippen LogP contribution in [0.25, 0.3) is 16.9 Å². The van der Waals surface area contributed by atoms with E-state index in [1.165, 1.54) is 0 Å². The molecule has 0 amide bonds. The summed E-state index contributed by atoms with van der Waals surface area (Å²) >= 11 is 6.20. The largest absolute Gasteiger partial charge is 0.376 e. The molecule has 5 heterocycles. The second kappa shape index (κ2) is 10.4. The van der Waals surface area contributed by atoms with Gasteiger partial charge in [-0.3, -0.25) is 4.90 Å². The SMILES string of the molecule is CC[C@@H]1CN(c2nc3nncn3c3c2ncn3C[C@@H]2CCCO2)[C@@H](C)CN1C(c1ccc(Cl)cc1)C1CC(F)(F)C1. The topological polar surface area (TPSA) is 76.6 Å². The van der Waals surface area contributed by atoms with E-state index in [2.05, 4.69) is 38.4 Å². The summed E-state index contributed by atoms with van der Waals surface area (Å²) in [6.07, 6.45) is 6.51. The summed E-state index contributed by atoms with van der Waals surface area (Å²) in [5.74, 6) is -1.38. The third-order valence-corrected chi connectivity index (χ3v) is 9.43. The Bertz CT molecular complexity index is 1530. The van der Waals surface area contributed by atoms with Gasteiger partial charge in [0.1, 0.15) is 11.8 Å². The number of ether oxygens (including phenoxy) is 1. The van der Waals surface area contributed by atoms with Crippen LogP contribution in [0.3, 0.4) is 0 Å². The van der Waals surface area contributed by atoms with Gasteiger partial charge in [-0.2, -0.15) is 4.98 Å². The number of halogens is 3. The van der Waals surface area contributed by atoms with Gasteiger partial charge < -0.3 is 14.2 Å². The summed E-state index contributed by atoms with van der Waals surface area (Å²) in [5.41, 5.74) is 2.76. The maximum atomic E-state index is 14.1. The zero-order valence-electron chi connectivity index (χ0n) is 23.3. The Kier molecular flexibility index (Phi) is 6.86. The Morgan fingerprint density at radius 3 is 2.66 bits per heavy atom. The smallest absolute Gasteiger partial charge is 0.258 e. The number of hydrogen-bond donors (Lipinski definition) is 0. The van der Waals surface area contributed by atoms with Crippen LogP contribution in [-0.4, -0.2) is 77.8 Å². The number of rotatable bonds is 7. The first kappa shape index (κ1) is 27.0. The number of fused-ring (bicyclic) bond motifs is 3. The number of piperazine rings is 1. The maximum Gasteiger partial charge on any atom is 0.258 e. The third kappa shape index (κ3) is 4.85. The van der Waals surface area contributed by atoms with E-state index in [-0.39, 0.29) is 43.0 Å². The second-order valence-corrected chi connectivity index (χ2v) is 12.4. The van der Waals surface area contributed by atoms with Crippen molar-refractivity contribution < 1.29 is 13.5 Å². The zero-order chi connectivity index (χ0) is 28.3. The van der Waals surface area contributed by atoms with E-state index < -0.39 is 5.92 Å². The van der Waals surface area contributed by atoms with Crippen molar-refractivity contribution in [1.82, 2.24) is 34.0 Å². The molecule has 2 saturated heterocycles. The first-order chi connectivity index (χ1) is 19.8. The molecule has 1 unspecified atom stereocenters. The molecule has 9 nitrogen and oxygen atoms in total. The number of nitrogens with zero attached hydrogens (tertiary/aromatic N) is 8. The molecule has 7 rings (SSSR count). The van der Waals surface area contributed by atoms with Crippen molar-refractivity contribution in [2.24, 2.45) is 5.92 Å². The average molecular weight is 585 g/mol. The minimum atomic E-state index is -2.59. The van der Waals surface area contributed by atoms with Crippen LogP contribution >= 0.6 is 11.6 Å². The summed E-state index contributed by atoms with van der Waals surface area (Å²) < 4.78 is 38.2. The Labute approximate surface area is 242 Å². The molecule has 3 aromatic heterocycles. The lowest BCUT2D eigenvalue weighted by atomic mass is 9.73. The van der Waals surface area contributed by atoms with E-state index in [0.29, 0.717) is 30.4 Å². The third-order valence-electron chi connectivity index (χ3n) is 9.17. The van der Waals surface area contributed by atoms with Crippen LogP contribution in [-0.2, 0) is 11.3 Å². The van der Waals surface area contributed by atoms with Gasteiger partial charge in [0.15, 0.2) is 11.5 Å². The maximum absolute atomic E-state index is 14.1. The Hall–Kier alpha value is -2.89. The van der Waals surface area contributed by atoms with Crippen LogP contribution in [0.2, 0.25) is 5.02 Å². The lowest BCUT2D eigenvalue weighted by Crippen LogP contribution is -2.60. The molecule has 4 aromatic rings. The number of aromatic nitrogens is 6. The van der Waals surface area contributed by atoms with E-state index in [4.69, 9.17) is 26.3 Å². The van der Waals surface area contributed by atoms with Crippen molar-refractivity contribution in [2.75, 3.05) is 24.6 Å². The van der Waals surface area contributed by atoms with E-state index in [9.17, 15) is 8.78 Å². The Morgan fingerprint density at radius 1 is 1.15 bits per heavy atom. The van der Waals surface area contributed by atoms with Gasteiger partial charge in [0, 0.05) is 55.7 Å². The lowest BCUT2D eigenvalue weighted by molar-refractivity contribution is -0.137. The van der Waals surface area contributed by atoms with E-state index in [1.54, 1.807) is 6.33 Å². The summed E-state index contributed by atoms with van der Waals surface area (Å²) in [6, 6.07) is 7.83. The van der Waals surface area contributed by atoms with Crippen molar-refractivity contribution in [3.05, 3.63) is 47.5 Å². The second-order valence-electron chi connectivity index (χ2n) is 11.9. The molecule has 3 fully saturated rings. The Balaban J connectivity index is 1.23. The first-order valence-corrected chi connectivity index (χ1v) is 15.0. The van der Waals surface area contributed by atoms with Gasteiger partial charge in [0.2, 0.25) is 5.92 Å². The predicted molar refractivity (Wildman–Crippen MR) is 153 cm³/mol. The highest BCUT2D eigenvalue weighted by Crippen LogP contribution is 2.51. The van der Waals surface area contributed by atoms with Crippen LogP contribution < -0.4 is 4.90 Å². The fraction of sp³-hybridized carbons (Fsp3) is 0.586. The van der Waals surface area contributed by atoms with Gasteiger partial charge in [-0.05, 0) is 49.8 Å². The molecule has 4 atom stereocenters. The number of hydrogen-bond acceptors (Lipinski definition) is 7. The minimum absolute atomic E-state index is 0.0672. The average Bonchev–Trinajstić information content (AvgIpc) is 3.70. The normalized spacial score (nSPS) is 26.2. The molecule has 3 aliphatic rings. The molecule has 0 bridgehead atoms.